The highest BCUT2D eigenvalue weighted by Gasteiger charge is 2.12. The van der Waals surface area contributed by atoms with Crippen molar-refractivity contribution in [2.75, 3.05) is 7.11 Å². The standard InChI is InChI=1S/C15H12BrIO2/c1-19-12-6-7-14(16)13(9-12)15(18)8-10-2-4-11(17)5-3-10/h2-7,9H,8H2,1H3. The van der Waals surface area contributed by atoms with Gasteiger partial charge in [0.25, 0.3) is 0 Å². The molecule has 0 aliphatic heterocycles. The molecule has 19 heavy (non-hydrogen) atoms. The van der Waals surface area contributed by atoms with Crippen LogP contribution in [0.2, 0.25) is 0 Å². The zero-order valence-corrected chi connectivity index (χ0v) is 14.1. The first-order valence-corrected chi connectivity index (χ1v) is 7.58. The largest absolute Gasteiger partial charge is 0.497 e. The molecule has 0 bridgehead atoms. The smallest absolute Gasteiger partial charge is 0.168 e. The Labute approximate surface area is 134 Å². The molecule has 98 valence electrons. The number of rotatable bonds is 4. The normalized spacial score (nSPS) is 10.3. The number of methoxy groups -OCH3 is 1. The lowest BCUT2D eigenvalue weighted by atomic mass is 10.0. The van der Waals surface area contributed by atoms with E-state index in [0.29, 0.717) is 17.7 Å². The van der Waals surface area contributed by atoms with Gasteiger partial charge < -0.3 is 4.74 Å². The van der Waals surface area contributed by atoms with Gasteiger partial charge in [-0.05, 0) is 58.5 Å². The molecule has 0 amide bonds. The van der Waals surface area contributed by atoms with Crippen LogP contribution < -0.4 is 4.74 Å². The van der Waals surface area contributed by atoms with Crippen LogP contribution in [0.3, 0.4) is 0 Å². The maximum atomic E-state index is 12.3. The second-order valence-electron chi connectivity index (χ2n) is 4.07. The van der Waals surface area contributed by atoms with Crippen LogP contribution in [0.5, 0.6) is 5.75 Å². The third-order valence-electron chi connectivity index (χ3n) is 2.75. The van der Waals surface area contributed by atoms with Crippen molar-refractivity contribution in [1.29, 1.82) is 0 Å². The first-order valence-electron chi connectivity index (χ1n) is 5.71. The van der Waals surface area contributed by atoms with Gasteiger partial charge in [0.05, 0.1) is 7.11 Å². The number of carbonyl (C=O) groups is 1. The summed E-state index contributed by atoms with van der Waals surface area (Å²) in [6, 6.07) is 13.4. The third-order valence-corrected chi connectivity index (χ3v) is 4.16. The van der Waals surface area contributed by atoms with Crippen molar-refractivity contribution in [3.8, 4) is 5.75 Å². The molecule has 0 spiro atoms. The van der Waals surface area contributed by atoms with Crippen LogP contribution in [-0.2, 0) is 6.42 Å². The van der Waals surface area contributed by atoms with Gasteiger partial charge >= 0.3 is 0 Å². The van der Waals surface area contributed by atoms with Gasteiger partial charge in [0.1, 0.15) is 5.75 Å². The van der Waals surface area contributed by atoms with E-state index in [9.17, 15) is 4.79 Å². The highest BCUT2D eigenvalue weighted by atomic mass is 127. The van der Waals surface area contributed by atoms with E-state index < -0.39 is 0 Å². The molecule has 0 radical (unpaired) electrons. The molecule has 4 heteroatoms. The maximum Gasteiger partial charge on any atom is 0.168 e. The van der Waals surface area contributed by atoms with Crippen molar-refractivity contribution in [2.24, 2.45) is 0 Å². The van der Waals surface area contributed by atoms with Crippen LogP contribution in [0.1, 0.15) is 15.9 Å². The number of carbonyl (C=O) groups excluding carboxylic acids is 1. The SMILES string of the molecule is COc1ccc(Br)c(C(=O)Cc2ccc(I)cc2)c1. The van der Waals surface area contributed by atoms with E-state index in [-0.39, 0.29) is 5.78 Å². The topological polar surface area (TPSA) is 26.3 Å². The molecule has 0 N–H and O–H groups in total. The zero-order valence-electron chi connectivity index (χ0n) is 10.3. The third kappa shape index (κ3) is 3.79. The van der Waals surface area contributed by atoms with Crippen LogP contribution in [0.25, 0.3) is 0 Å². The summed E-state index contributed by atoms with van der Waals surface area (Å²) in [7, 11) is 1.59. The Balaban J connectivity index is 2.22. The lowest BCUT2D eigenvalue weighted by Crippen LogP contribution is -2.05. The van der Waals surface area contributed by atoms with E-state index in [1.807, 2.05) is 36.4 Å². The van der Waals surface area contributed by atoms with E-state index in [1.54, 1.807) is 13.2 Å². The summed E-state index contributed by atoms with van der Waals surface area (Å²) >= 11 is 5.65. The molecule has 2 aromatic carbocycles. The minimum atomic E-state index is 0.0759. The van der Waals surface area contributed by atoms with E-state index in [1.165, 1.54) is 0 Å². The summed E-state index contributed by atoms with van der Waals surface area (Å²) in [5.41, 5.74) is 1.66. The van der Waals surface area contributed by atoms with Crippen LogP contribution in [-0.4, -0.2) is 12.9 Å². The fraction of sp³-hybridized carbons (Fsp3) is 0.133. The summed E-state index contributed by atoms with van der Waals surface area (Å²) in [6.45, 7) is 0. The molecular weight excluding hydrogens is 419 g/mol. The number of halogens is 2. The number of ether oxygens (including phenoxy) is 1. The molecule has 0 atom stereocenters. The highest BCUT2D eigenvalue weighted by Crippen LogP contribution is 2.24. The number of Topliss-reactive ketones (excluding diaryl/α,β-unsaturated/α-hetero) is 1. The summed E-state index contributed by atoms with van der Waals surface area (Å²) in [6.07, 6.45) is 0.392. The van der Waals surface area contributed by atoms with Gasteiger partial charge in [-0.15, -0.1) is 0 Å². The van der Waals surface area contributed by atoms with Crippen LogP contribution in [0, 0.1) is 3.57 Å². The molecule has 2 nitrogen and oxygen atoms in total. The van der Waals surface area contributed by atoms with Gasteiger partial charge in [-0.3, -0.25) is 4.79 Å². The summed E-state index contributed by atoms with van der Waals surface area (Å²) in [5, 5.41) is 0. The van der Waals surface area contributed by atoms with Gasteiger partial charge in [0.2, 0.25) is 0 Å². The Hall–Kier alpha value is -0.880. The second-order valence-corrected chi connectivity index (χ2v) is 6.17. The minimum Gasteiger partial charge on any atom is -0.497 e. The lowest BCUT2D eigenvalue weighted by Gasteiger charge is -2.07. The fourth-order valence-electron chi connectivity index (χ4n) is 1.73. The molecule has 0 saturated heterocycles. The van der Waals surface area contributed by atoms with Crippen LogP contribution in [0.15, 0.2) is 46.9 Å². The zero-order chi connectivity index (χ0) is 13.8. The minimum absolute atomic E-state index is 0.0759. The van der Waals surface area contributed by atoms with Gasteiger partial charge in [-0.2, -0.15) is 0 Å². The van der Waals surface area contributed by atoms with Gasteiger partial charge in [0, 0.05) is 20.0 Å². The van der Waals surface area contributed by atoms with E-state index >= 15 is 0 Å². The molecule has 0 heterocycles. The molecule has 0 aromatic heterocycles. The van der Waals surface area contributed by atoms with Crippen molar-refractivity contribution in [3.05, 3.63) is 61.6 Å². The summed E-state index contributed by atoms with van der Waals surface area (Å²) in [5.74, 6) is 0.765. The Bertz CT molecular complexity index is 594. The Morgan fingerprint density at radius 2 is 1.89 bits per heavy atom. The van der Waals surface area contributed by atoms with E-state index in [4.69, 9.17) is 4.74 Å². The van der Waals surface area contributed by atoms with Crippen molar-refractivity contribution >= 4 is 44.3 Å². The lowest BCUT2D eigenvalue weighted by molar-refractivity contribution is 0.0992. The average Bonchev–Trinajstić information content (AvgIpc) is 2.42. The molecule has 0 fully saturated rings. The van der Waals surface area contributed by atoms with Crippen molar-refractivity contribution in [1.82, 2.24) is 0 Å². The number of hydrogen-bond acceptors (Lipinski definition) is 2. The number of hydrogen-bond donors (Lipinski definition) is 0. The highest BCUT2D eigenvalue weighted by molar-refractivity contribution is 14.1. The molecule has 0 aliphatic rings. The van der Waals surface area contributed by atoms with Gasteiger partial charge in [-0.25, -0.2) is 0 Å². The molecule has 0 aliphatic carbocycles. The van der Waals surface area contributed by atoms with Crippen molar-refractivity contribution < 1.29 is 9.53 Å². The molecule has 0 unspecified atom stereocenters. The quantitative estimate of drug-likeness (QED) is 0.527. The Morgan fingerprint density at radius 3 is 2.53 bits per heavy atom. The first-order chi connectivity index (χ1) is 9.10. The monoisotopic (exact) mass is 430 g/mol. The Kier molecular flexibility index (Phi) is 4.99. The maximum absolute atomic E-state index is 12.3. The molecule has 2 aromatic rings. The van der Waals surface area contributed by atoms with Crippen LogP contribution in [0.4, 0.5) is 0 Å². The predicted molar refractivity (Wildman–Crippen MR) is 87.9 cm³/mol. The first kappa shape index (κ1) is 14.5. The van der Waals surface area contributed by atoms with Crippen molar-refractivity contribution in [3.63, 3.8) is 0 Å². The summed E-state index contributed by atoms with van der Waals surface area (Å²) < 4.78 is 7.11. The van der Waals surface area contributed by atoms with E-state index in [2.05, 4.69) is 38.5 Å². The van der Waals surface area contributed by atoms with Crippen LogP contribution >= 0.6 is 38.5 Å². The molecule has 0 saturated carbocycles. The fourth-order valence-corrected chi connectivity index (χ4v) is 2.56. The predicted octanol–water partition coefficient (Wildman–Crippen LogP) is 4.49. The molecular formula is C15H12BrIO2. The number of ketones is 1. The van der Waals surface area contributed by atoms with Crippen molar-refractivity contribution in [2.45, 2.75) is 6.42 Å². The average molecular weight is 431 g/mol. The van der Waals surface area contributed by atoms with Gasteiger partial charge in [0.15, 0.2) is 5.78 Å². The Morgan fingerprint density at radius 1 is 1.21 bits per heavy atom. The van der Waals surface area contributed by atoms with Gasteiger partial charge in [-0.1, -0.05) is 28.1 Å². The van der Waals surface area contributed by atoms with E-state index in [0.717, 1.165) is 13.6 Å². The second kappa shape index (κ2) is 6.52. The molecule has 2 rings (SSSR count). The summed E-state index contributed by atoms with van der Waals surface area (Å²) in [4.78, 5) is 12.3. The number of benzene rings is 2.